The number of benzene rings is 1. The molecule has 130 valence electrons. The molecule has 0 N–H and O–H groups in total. The molecule has 0 spiro atoms. The number of hydrogen-bond donors (Lipinski definition) is 0. The van der Waals surface area contributed by atoms with Gasteiger partial charge in [0.2, 0.25) is 0 Å². The van der Waals surface area contributed by atoms with Crippen molar-refractivity contribution in [2.24, 2.45) is 0 Å². The molecular weight excluding hydrogens is 331 g/mol. The predicted octanol–water partition coefficient (Wildman–Crippen LogP) is 3.72. The zero-order valence-electron chi connectivity index (χ0n) is 14.3. The Hall–Kier alpha value is -3.28. The molecule has 0 amide bonds. The molecule has 3 heterocycles. The lowest BCUT2D eigenvalue weighted by Gasteiger charge is -2.11. The van der Waals surface area contributed by atoms with Crippen molar-refractivity contribution in [1.82, 2.24) is 19.6 Å². The van der Waals surface area contributed by atoms with Gasteiger partial charge in [-0.25, -0.2) is 4.39 Å². The monoisotopic (exact) mass is 348 g/mol. The van der Waals surface area contributed by atoms with Crippen LogP contribution in [-0.2, 0) is 12.8 Å². The zero-order chi connectivity index (χ0) is 17.9. The third-order valence-electron chi connectivity index (χ3n) is 4.42. The van der Waals surface area contributed by atoms with Crippen molar-refractivity contribution in [3.8, 4) is 16.9 Å². The Kier molecular flexibility index (Phi) is 4.31. The molecule has 0 radical (unpaired) electrons. The largest absolute Gasteiger partial charge is 0.493 e. The lowest BCUT2D eigenvalue weighted by molar-refractivity contribution is 0.381. The number of para-hydroxylation sites is 1. The molecule has 0 saturated heterocycles. The molecule has 0 aliphatic rings. The summed E-state index contributed by atoms with van der Waals surface area (Å²) in [5, 5.41) is 8.32. The number of pyridine rings is 2. The first-order chi connectivity index (χ1) is 12.8. The Morgan fingerprint density at radius 1 is 1.08 bits per heavy atom. The van der Waals surface area contributed by atoms with Crippen molar-refractivity contribution in [3.05, 3.63) is 78.3 Å². The summed E-state index contributed by atoms with van der Waals surface area (Å²) in [7, 11) is 1.49. The highest BCUT2D eigenvalue weighted by Crippen LogP contribution is 2.26. The maximum absolute atomic E-state index is 13.9. The van der Waals surface area contributed by atoms with Crippen molar-refractivity contribution in [2.75, 3.05) is 7.11 Å². The van der Waals surface area contributed by atoms with Crippen LogP contribution in [0.15, 0.2) is 61.2 Å². The maximum Gasteiger partial charge on any atom is 0.168 e. The average Bonchev–Trinajstić information content (AvgIpc) is 3.17. The standard InChI is InChI=1S/C20H17FN4O/c1-26-19-14(4-2-6-18(19)21)7-8-16-9-10-17(15-5-3-11-22-12-15)20-24-23-13-25(16)20/h2-6,9-13H,7-8H2,1H3. The van der Waals surface area contributed by atoms with E-state index in [1.165, 1.54) is 13.2 Å². The highest BCUT2D eigenvalue weighted by atomic mass is 19.1. The molecule has 0 atom stereocenters. The van der Waals surface area contributed by atoms with Crippen LogP contribution < -0.4 is 4.74 Å². The van der Waals surface area contributed by atoms with E-state index < -0.39 is 0 Å². The lowest BCUT2D eigenvalue weighted by atomic mass is 10.0. The number of fused-ring (bicyclic) bond motifs is 1. The van der Waals surface area contributed by atoms with Gasteiger partial charge in [0.1, 0.15) is 6.33 Å². The Bertz CT molecular complexity index is 1050. The first-order valence-corrected chi connectivity index (χ1v) is 8.31. The summed E-state index contributed by atoms with van der Waals surface area (Å²) in [4.78, 5) is 4.17. The van der Waals surface area contributed by atoms with E-state index in [0.29, 0.717) is 18.6 Å². The minimum atomic E-state index is -0.341. The maximum atomic E-state index is 13.9. The SMILES string of the molecule is COc1c(F)cccc1CCc1ccc(-c2cccnc2)c2nncn12. The molecule has 26 heavy (non-hydrogen) atoms. The van der Waals surface area contributed by atoms with E-state index in [0.717, 1.165) is 28.0 Å². The number of aromatic nitrogens is 4. The molecule has 0 bridgehead atoms. The summed E-state index contributed by atoms with van der Waals surface area (Å²) in [6.07, 6.45) is 6.61. The van der Waals surface area contributed by atoms with Gasteiger partial charge in [-0.15, -0.1) is 10.2 Å². The fourth-order valence-electron chi connectivity index (χ4n) is 3.16. The quantitative estimate of drug-likeness (QED) is 0.551. The van der Waals surface area contributed by atoms with Crippen LogP contribution in [0.5, 0.6) is 5.75 Å². The summed E-state index contributed by atoms with van der Waals surface area (Å²) < 4.78 is 21.0. The van der Waals surface area contributed by atoms with Crippen LogP contribution in [0.1, 0.15) is 11.3 Å². The number of halogens is 1. The van der Waals surface area contributed by atoms with Crippen molar-refractivity contribution in [3.63, 3.8) is 0 Å². The smallest absolute Gasteiger partial charge is 0.168 e. The van der Waals surface area contributed by atoms with Crippen molar-refractivity contribution < 1.29 is 9.13 Å². The highest BCUT2D eigenvalue weighted by Gasteiger charge is 2.12. The van der Waals surface area contributed by atoms with Crippen LogP contribution >= 0.6 is 0 Å². The van der Waals surface area contributed by atoms with Crippen LogP contribution in [0.4, 0.5) is 4.39 Å². The number of nitrogens with zero attached hydrogens (tertiary/aromatic N) is 4. The molecule has 0 unspecified atom stereocenters. The topological polar surface area (TPSA) is 52.3 Å². The van der Waals surface area contributed by atoms with Gasteiger partial charge < -0.3 is 4.74 Å². The summed E-state index contributed by atoms with van der Waals surface area (Å²) in [5.41, 5.74) is 4.63. The molecule has 0 fully saturated rings. The van der Waals surface area contributed by atoms with Gasteiger partial charge in [0.25, 0.3) is 0 Å². The fourth-order valence-corrected chi connectivity index (χ4v) is 3.16. The van der Waals surface area contributed by atoms with Crippen LogP contribution in [0.2, 0.25) is 0 Å². The summed E-state index contributed by atoms with van der Waals surface area (Å²) in [6, 6.07) is 13.0. The van der Waals surface area contributed by atoms with Gasteiger partial charge in [-0.1, -0.05) is 18.2 Å². The number of ether oxygens (including phenoxy) is 1. The van der Waals surface area contributed by atoms with Gasteiger partial charge in [-0.05, 0) is 42.7 Å². The third-order valence-corrected chi connectivity index (χ3v) is 4.42. The second kappa shape index (κ2) is 6.92. The first-order valence-electron chi connectivity index (χ1n) is 8.31. The minimum absolute atomic E-state index is 0.305. The molecule has 4 rings (SSSR count). The predicted molar refractivity (Wildman–Crippen MR) is 96.6 cm³/mol. The highest BCUT2D eigenvalue weighted by molar-refractivity contribution is 5.76. The second-order valence-corrected chi connectivity index (χ2v) is 5.94. The van der Waals surface area contributed by atoms with Gasteiger partial charge in [-0.3, -0.25) is 9.38 Å². The number of methoxy groups -OCH3 is 1. The normalized spacial score (nSPS) is 11.0. The second-order valence-electron chi connectivity index (χ2n) is 5.94. The van der Waals surface area contributed by atoms with E-state index in [9.17, 15) is 4.39 Å². The molecule has 5 nitrogen and oxygen atoms in total. The van der Waals surface area contributed by atoms with Crippen LogP contribution in [-0.4, -0.2) is 26.7 Å². The van der Waals surface area contributed by atoms with Crippen LogP contribution in [0, 0.1) is 5.82 Å². The van der Waals surface area contributed by atoms with E-state index in [2.05, 4.69) is 15.2 Å². The number of hydrogen-bond acceptors (Lipinski definition) is 4. The molecule has 3 aromatic heterocycles. The van der Waals surface area contributed by atoms with Crippen LogP contribution in [0.25, 0.3) is 16.8 Å². The molecule has 0 saturated carbocycles. The van der Waals surface area contributed by atoms with E-state index in [1.807, 2.05) is 34.7 Å². The fraction of sp³-hybridized carbons (Fsp3) is 0.150. The van der Waals surface area contributed by atoms with Crippen molar-refractivity contribution in [1.29, 1.82) is 0 Å². The Morgan fingerprint density at radius 3 is 2.81 bits per heavy atom. The zero-order valence-corrected chi connectivity index (χ0v) is 14.3. The molecular formula is C20H17FN4O. The third kappa shape index (κ3) is 2.90. The summed E-state index contributed by atoms with van der Waals surface area (Å²) >= 11 is 0. The lowest BCUT2D eigenvalue weighted by Crippen LogP contribution is -2.02. The Balaban J connectivity index is 1.67. The van der Waals surface area contributed by atoms with Crippen molar-refractivity contribution in [2.45, 2.75) is 12.8 Å². The van der Waals surface area contributed by atoms with Gasteiger partial charge >= 0.3 is 0 Å². The average molecular weight is 348 g/mol. The molecule has 0 aliphatic carbocycles. The van der Waals surface area contributed by atoms with E-state index in [1.54, 1.807) is 24.8 Å². The van der Waals surface area contributed by atoms with Crippen molar-refractivity contribution >= 4 is 5.65 Å². The molecule has 0 aliphatic heterocycles. The van der Waals surface area contributed by atoms with E-state index >= 15 is 0 Å². The number of aryl methyl sites for hydroxylation is 2. The Labute approximate surface area is 150 Å². The van der Waals surface area contributed by atoms with Gasteiger partial charge in [0, 0.05) is 29.2 Å². The van der Waals surface area contributed by atoms with Gasteiger partial charge in [-0.2, -0.15) is 0 Å². The summed E-state index contributed by atoms with van der Waals surface area (Å²) in [6.45, 7) is 0. The summed E-state index contributed by atoms with van der Waals surface area (Å²) in [5.74, 6) is -0.0362. The van der Waals surface area contributed by atoms with E-state index in [4.69, 9.17) is 4.74 Å². The van der Waals surface area contributed by atoms with Gasteiger partial charge in [0.05, 0.1) is 7.11 Å². The Morgan fingerprint density at radius 2 is 2.00 bits per heavy atom. The molecule has 1 aromatic carbocycles. The van der Waals surface area contributed by atoms with Crippen LogP contribution in [0.3, 0.4) is 0 Å². The first kappa shape index (κ1) is 16.2. The number of rotatable bonds is 5. The van der Waals surface area contributed by atoms with E-state index in [-0.39, 0.29) is 5.82 Å². The van der Waals surface area contributed by atoms with Gasteiger partial charge in [0.15, 0.2) is 17.2 Å². The minimum Gasteiger partial charge on any atom is -0.493 e. The molecule has 6 heteroatoms. The molecule has 4 aromatic rings.